The summed E-state index contributed by atoms with van der Waals surface area (Å²) in [6, 6.07) is 4.91. The molecule has 2 rings (SSSR count). The van der Waals surface area contributed by atoms with Crippen LogP contribution in [0.3, 0.4) is 0 Å². The van der Waals surface area contributed by atoms with E-state index >= 15 is 0 Å². The molecule has 0 fully saturated rings. The van der Waals surface area contributed by atoms with Crippen LogP contribution in [0.4, 0.5) is 5.69 Å². The summed E-state index contributed by atoms with van der Waals surface area (Å²) in [6.45, 7) is 2.36. The smallest absolute Gasteiger partial charge is 0.283 e. The lowest BCUT2D eigenvalue weighted by atomic mass is 10.2. The van der Waals surface area contributed by atoms with Gasteiger partial charge in [-0.2, -0.15) is 5.21 Å². The second-order valence-electron chi connectivity index (χ2n) is 3.92. The highest BCUT2D eigenvalue weighted by atomic mass is 79.9. The van der Waals surface area contributed by atoms with Gasteiger partial charge in [0, 0.05) is 12.6 Å². The normalized spacial score (nSPS) is 12.3. The average molecular weight is 327 g/mol. The fraction of sp³-hybridized carbons (Fsp3) is 0.300. The number of nitrogens with one attached hydrogen (secondary N) is 2. The molecule has 0 saturated carbocycles. The first-order chi connectivity index (χ1) is 9.08. The van der Waals surface area contributed by atoms with E-state index in [0.717, 1.165) is 5.56 Å². The van der Waals surface area contributed by atoms with Gasteiger partial charge in [0.25, 0.3) is 5.69 Å². The summed E-state index contributed by atoms with van der Waals surface area (Å²) >= 11 is 3.15. The molecule has 0 aliphatic rings. The van der Waals surface area contributed by atoms with Crippen molar-refractivity contribution in [3.8, 4) is 0 Å². The Hall–Kier alpha value is -1.87. The van der Waals surface area contributed by atoms with Gasteiger partial charge < -0.3 is 5.32 Å². The number of benzene rings is 1. The van der Waals surface area contributed by atoms with E-state index in [4.69, 9.17) is 0 Å². The maximum absolute atomic E-state index is 10.8. The van der Waals surface area contributed by atoms with Crippen LogP contribution in [-0.2, 0) is 6.54 Å². The minimum absolute atomic E-state index is 0.0477. The molecule has 19 heavy (non-hydrogen) atoms. The van der Waals surface area contributed by atoms with Crippen molar-refractivity contribution >= 4 is 21.6 Å². The first-order valence-corrected chi connectivity index (χ1v) is 6.27. The quantitative estimate of drug-likeness (QED) is 0.639. The molecule has 1 unspecified atom stereocenters. The average Bonchev–Trinajstić information content (AvgIpc) is 2.91. The largest absolute Gasteiger partial charge is 0.303 e. The molecule has 0 aliphatic heterocycles. The molecule has 2 aromatic rings. The lowest BCUT2D eigenvalue weighted by Gasteiger charge is -2.09. The standard InChI is InChI=1S/C10H11BrN6O2/c1-6(10-13-15-16-14-10)12-5-7-2-3-8(11)9(4-7)17(18)19/h2-4,6,12H,5H2,1H3,(H,13,14,15,16). The van der Waals surface area contributed by atoms with Gasteiger partial charge in [-0.25, -0.2) is 0 Å². The zero-order chi connectivity index (χ0) is 13.8. The number of tetrazole rings is 1. The second-order valence-corrected chi connectivity index (χ2v) is 4.77. The van der Waals surface area contributed by atoms with Crippen LogP contribution in [0.5, 0.6) is 0 Å². The molecule has 9 heteroatoms. The van der Waals surface area contributed by atoms with E-state index in [1.165, 1.54) is 6.07 Å². The lowest BCUT2D eigenvalue weighted by molar-refractivity contribution is -0.385. The maximum Gasteiger partial charge on any atom is 0.283 e. The number of nitrogens with zero attached hydrogens (tertiary/aromatic N) is 4. The van der Waals surface area contributed by atoms with Gasteiger partial charge >= 0.3 is 0 Å². The van der Waals surface area contributed by atoms with Crippen molar-refractivity contribution in [2.24, 2.45) is 0 Å². The number of hydrogen-bond donors (Lipinski definition) is 2. The molecule has 100 valence electrons. The number of H-pyrrole nitrogens is 1. The van der Waals surface area contributed by atoms with Crippen LogP contribution in [0.2, 0.25) is 0 Å². The van der Waals surface area contributed by atoms with Crippen LogP contribution in [-0.4, -0.2) is 25.5 Å². The zero-order valence-corrected chi connectivity index (χ0v) is 11.6. The monoisotopic (exact) mass is 326 g/mol. The van der Waals surface area contributed by atoms with Crippen LogP contribution in [0.15, 0.2) is 22.7 Å². The highest BCUT2D eigenvalue weighted by Crippen LogP contribution is 2.25. The van der Waals surface area contributed by atoms with Crippen molar-refractivity contribution < 1.29 is 4.92 Å². The van der Waals surface area contributed by atoms with Gasteiger partial charge in [0.1, 0.15) is 0 Å². The Morgan fingerprint density at radius 3 is 3.00 bits per heavy atom. The molecule has 0 amide bonds. The first kappa shape index (κ1) is 13.6. The maximum atomic E-state index is 10.8. The van der Waals surface area contributed by atoms with Gasteiger partial charge in [0.05, 0.1) is 15.4 Å². The third kappa shape index (κ3) is 3.32. The Kier molecular flexibility index (Phi) is 4.17. The number of nitro benzene ring substituents is 1. The van der Waals surface area contributed by atoms with Crippen LogP contribution in [0, 0.1) is 10.1 Å². The van der Waals surface area contributed by atoms with Crippen molar-refractivity contribution in [3.05, 3.63) is 44.2 Å². The molecule has 0 spiro atoms. The van der Waals surface area contributed by atoms with Crippen LogP contribution in [0.25, 0.3) is 0 Å². The summed E-state index contributed by atoms with van der Waals surface area (Å²) in [5.74, 6) is 0.548. The Morgan fingerprint density at radius 2 is 2.37 bits per heavy atom. The van der Waals surface area contributed by atoms with Crippen molar-refractivity contribution in [1.29, 1.82) is 0 Å². The number of aromatic amines is 1. The summed E-state index contributed by atoms with van der Waals surface area (Å²) in [6.07, 6.45) is 0. The molecule has 0 saturated heterocycles. The zero-order valence-electron chi connectivity index (χ0n) is 10.00. The molecule has 1 heterocycles. The van der Waals surface area contributed by atoms with E-state index in [-0.39, 0.29) is 11.7 Å². The summed E-state index contributed by atoms with van der Waals surface area (Å²) in [4.78, 5) is 10.4. The molecule has 0 bridgehead atoms. The second kappa shape index (κ2) is 5.85. The molecule has 1 atom stereocenters. The molecular weight excluding hydrogens is 316 g/mol. The molecule has 2 N–H and O–H groups in total. The molecule has 1 aromatic carbocycles. The summed E-state index contributed by atoms with van der Waals surface area (Å²) in [5, 5.41) is 27.6. The van der Waals surface area contributed by atoms with Crippen molar-refractivity contribution in [1.82, 2.24) is 25.9 Å². The van der Waals surface area contributed by atoms with E-state index in [0.29, 0.717) is 16.8 Å². The summed E-state index contributed by atoms with van der Waals surface area (Å²) < 4.78 is 0.465. The van der Waals surface area contributed by atoms with E-state index in [9.17, 15) is 10.1 Å². The number of halogens is 1. The number of rotatable bonds is 5. The lowest BCUT2D eigenvalue weighted by Crippen LogP contribution is -2.19. The molecule has 0 radical (unpaired) electrons. The number of aromatic nitrogens is 4. The number of hydrogen-bond acceptors (Lipinski definition) is 6. The third-order valence-corrected chi connectivity index (χ3v) is 3.24. The highest BCUT2D eigenvalue weighted by molar-refractivity contribution is 9.10. The molecule has 1 aromatic heterocycles. The highest BCUT2D eigenvalue weighted by Gasteiger charge is 2.14. The summed E-state index contributed by atoms with van der Waals surface area (Å²) in [5.41, 5.74) is 0.858. The van der Waals surface area contributed by atoms with Gasteiger partial charge in [-0.15, -0.1) is 10.2 Å². The number of nitro groups is 1. The van der Waals surface area contributed by atoms with E-state index in [1.54, 1.807) is 6.07 Å². The predicted octanol–water partition coefficient (Wildman–Crippen LogP) is 1.72. The Balaban J connectivity index is 2.04. The molecule has 0 aliphatic carbocycles. The minimum atomic E-state index is -0.420. The van der Waals surface area contributed by atoms with Crippen LogP contribution < -0.4 is 5.32 Å². The van der Waals surface area contributed by atoms with Gasteiger partial charge in [0.2, 0.25) is 0 Å². The van der Waals surface area contributed by atoms with E-state index < -0.39 is 4.92 Å². The van der Waals surface area contributed by atoms with Crippen molar-refractivity contribution in [2.75, 3.05) is 0 Å². The Morgan fingerprint density at radius 1 is 1.58 bits per heavy atom. The third-order valence-electron chi connectivity index (χ3n) is 2.57. The summed E-state index contributed by atoms with van der Waals surface area (Å²) in [7, 11) is 0. The molecule has 8 nitrogen and oxygen atoms in total. The first-order valence-electron chi connectivity index (χ1n) is 5.47. The van der Waals surface area contributed by atoms with Crippen molar-refractivity contribution in [3.63, 3.8) is 0 Å². The van der Waals surface area contributed by atoms with Crippen LogP contribution >= 0.6 is 15.9 Å². The SMILES string of the molecule is CC(NCc1ccc(Br)c([N+](=O)[O-])c1)c1nn[nH]n1. The van der Waals surface area contributed by atoms with Gasteiger partial charge in [-0.1, -0.05) is 11.3 Å². The van der Waals surface area contributed by atoms with Crippen molar-refractivity contribution in [2.45, 2.75) is 19.5 Å². The fourth-order valence-corrected chi connectivity index (χ4v) is 1.91. The van der Waals surface area contributed by atoms with E-state index in [1.807, 2.05) is 13.0 Å². The van der Waals surface area contributed by atoms with Crippen LogP contribution in [0.1, 0.15) is 24.4 Å². The predicted molar refractivity (Wildman–Crippen MR) is 70.2 cm³/mol. The van der Waals surface area contributed by atoms with Gasteiger partial charge in [-0.3, -0.25) is 10.1 Å². The fourth-order valence-electron chi connectivity index (χ4n) is 1.52. The molecular formula is C10H11BrN6O2. The Labute approximate surface area is 116 Å². The van der Waals surface area contributed by atoms with E-state index in [2.05, 4.69) is 41.9 Å². The van der Waals surface area contributed by atoms with Gasteiger partial charge in [0.15, 0.2) is 5.82 Å². The topological polar surface area (TPSA) is 110 Å². The van der Waals surface area contributed by atoms with Gasteiger partial charge in [-0.05, 0) is 34.5 Å². The Bertz CT molecular complexity index is 573. The minimum Gasteiger partial charge on any atom is -0.303 e.